The number of likely N-dealkylation sites (tertiary alicyclic amines) is 1. The molecule has 0 spiro atoms. The fourth-order valence-electron chi connectivity index (χ4n) is 4.33. The Hall–Kier alpha value is -1.10. The summed E-state index contributed by atoms with van der Waals surface area (Å²) >= 11 is 0. The highest BCUT2D eigenvalue weighted by Crippen LogP contribution is 2.54. The second-order valence-corrected chi connectivity index (χ2v) is 6.11. The van der Waals surface area contributed by atoms with Gasteiger partial charge in [-0.2, -0.15) is 0 Å². The molecule has 0 unspecified atom stereocenters. The van der Waals surface area contributed by atoms with Crippen LogP contribution in [0.3, 0.4) is 0 Å². The molecule has 19 heavy (non-hydrogen) atoms. The lowest BCUT2D eigenvalue weighted by Gasteiger charge is -2.28. The first-order chi connectivity index (χ1) is 9.11. The predicted molar refractivity (Wildman–Crippen MR) is 67.1 cm³/mol. The van der Waals surface area contributed by atoms with Gasteiger partial charge in [-0.15, -0.1) is 0 Å². The van der Waals surface area contributed by atoms with E-state index in [9.17, 15) is 14.7 Å². The van der Waals surface area contributed by atoms with Crippen LogP contribution in [0.1, 0.15) is 32.1 Å². The van der Waals surface area contributed by atoms with E-state index in [1.54, 1.807) is 0 Å². The topological polar surface area (TPSA) is 66.8 Å². The molecule has 2 saturated carbocycles. The highest BCUT2D eigenvalue weighted by molar-refractivity contribution is 5.78. The van der Waals surface area contributed by atoms with Crippen molar-refractivity contribution in [3.63, 3.8) is 0 Å². The van der Waals surface area contributed by atoms with Crippen LogP contribution < -0.4 is 0 Å². The first kappa shape index (κ1) is 12.9. The lowest BCUT2D eigenvalue weighted by atomic mass is 9.88. The van der Waals surface area contributed by atoms with Crippen molar-refractivity contribution in [3.05, 3.63) is 0 Å². The summed E-state index contributed by atoms with van der Waals surface area (Å²) in [6, 6.07) is 0.0503. The quantitative estimate of drug-likeness (QED) is 0.756. The van der Waals surface area contributed by atoms with Crippen LogP contribution >= 0.6 is 0 Å². The van der Waals surface area contributed by atoms with E-state index < -0.39 is 0 Å². The Kier molecular flexibility index (Phi) is 3.25. The Balaban J connectivity index is 1.55. The zero-order valence-electron chi connectivity index (χ0n) is 11.2. The molecule has 5 atom stereocenters. The van der Waals surface area contributed by atoms with Gasteiger partial charge >= 0.3 is 5.97 Å². The number of fused-ring (bicyclic) bond motifs is 1. The number of aliphatic hydroxyl groups is 1. The number of amides is 1. The molecule has 5 heteroatoms. The molecule has 2 aliphatic carbocycles. The maximum atomic E-state index is 12.2. The smallest absolute Gasteiger partial charge is 0.305 e. The van der Waals surface area contributed by atoms with E-state index in [1.807, 2.05) is 4.90 Å². The predicted octanol–water partition coefficient (Wildman–Crippen LogP) is 0.557. The third-order valence-corrected chi connectivity index (χ3v) is 5.17. The minimum absolute atomic E-state index is 0.0503. The third kappa shape index (κ3) is 2.04. The summed E-state index contributed by atoms with van der Waals surface area (Å²) in [6.07, 6.45) is 3.04. The van der Waals surface area contributed by atoms with Gasteiger partial charge in [0.2, 0.25) is 5.91 Å². The molecule has 3 fully saturated rings. The van der Waals surface area contributed by atoms with Crippen LogP contribution in [0.2, 0.25) is 0 Å². The van der Waals surface area contributed by atoms with E-state index in [1.165, 1.54) is 7.11 Å². The summed E-state index contributed by atoms with van der Waals surface area (Å²) in [5, 5.41) is 10.2. The van der Waals surface area contributed by atoms with Gasteiger partial charge in [-0.25, -0.2) is 0 Å². The number of hydrogen-bond acceptors (Lipinski definition) is 4. The monoisotopic (exact) mass is 267 g/mol. The van der Waals surface area contributed by atoms with Gasteiger partial charge in [0.25, 0.3) is 0 Å². The number of aliphatic hydroxyl groups excluding tert-OH is 1. The minimum Gasteiger partial charge on any atom is -0.469 e. The number of ether oxygens (including phenoxy) is 1. The molecule has 0 aromatic carbocycles. The first-order valence-corrected chi connectivity index (χ1v) is 7.16. The largest absolute Gasteiger partial charge is 0.469 e. The fraction of sp³-hybridized carbons (Fsp3) is 0.857. The minimum atomic E-state index is -0.326. The second-order valence-electron chi connectivity index (χ2n) is 6.11. The van der Waals surface area contributed by atoms with Crippen LogP contribution in [-0.2, 0) is 14.3 Å². The van der Waals surface area contributed by atoms with Crippen LogP contribution in [-0.4, -0.2) is 47.7 Å². The van der Waals surface area contributed by atoms with Crippen LogP contribution in [0, 0.1) is 17.8 Å². The molecule has 1 aliphatic heterocycles. The molecule has 2 bridgehead atoms. The van der Waals surface area contributed by atoms with Gasteiger partial charge in [0.05, 0.1) is 19.3 Å². The van der Waals surface area contributed by atoms with Gasteiger partial charge in [0.1, 0.15) is 0 Å². The van der Waals surface area contributed by atoms with Gasteiger partial charge < -0.3 is 14.7 Å². The number of nitrogens with zero attached hydrogens (tertiary/aromatic N) is 1. The number of rotatable bonds is 4. The summed E-state index contributed by atoms with van der Waals surface area (Å²) in [5.41, 5.74) is 0. The van der Waals surface area contributed by atoms with Crippen molar-refractivity contribution >= 4 is 11.9 Å². The highest BCUT2D eigenvalue weighted by Gasteiger charge is 2.59. The van der Waals surface area contributed by atoms with Gasteiger partial charge in [-0.1, -0.05) is 0 Å². The zero-order valence-corrected chi connectivity index (χ0v) is 11.2. The van der Waals surface area contributed by atoms with Crippen molar-refractivity contribution in [2.45, 2.75) is 44.2 Å². The lowest BCUT2D eigenvalue weighted by Crippen LogP contribution is -2.43. The van der Waals surface area contributed by atoms with Crippen molar-refractivity contribution in [2.75, 3.05) is 13.7 Å². The van der Waals surface area contributed by atoms with Crippen LogP contribution in [0.15, 0.2) is 0 Å². The maximum absolute atomic E-state index is 12.2. The highest BCUT2D eigenvalue weighted by atomic mass is 16.5. The second kappa shape index (κ2) is 4.78. The Labute approximate surface area is 112 Å². The summed E-state index contributed by atoms with van der Waals surface area (Å²) in [7, 11) is 1.36. The van der Waals surface area contributed by atoms with E-state index in [0.29, 0.717) is 37.0 Å². The summed E-state index contributed by atoms with van der Waals surface area (Å²) in [5.74, 6) is 1.35. The summed E-state index contributed by atoms with van der Waals surface area (Å²) in [6.45, 7) is 0.806. The lowest BCUT2D eigenvalue weighted by molar-refractivity contribution is -0.141. The average molecular weight is 267 g/mol. The van der Waals surface area contributed by atoms with E-state index in [4.69, 9.17) is 0 Å². The van der Waals surface area contributed by atoms with Crippen LogP contribution in [0.5, 0.6) is 0 Å². The van der Waals surface area contributed by atoms with Crippen molar-refractivity contribution in [2.24, 2.45) is 17.8 Å². The fourth-order valence-corrected chi connectivity index (χ4v) is 4.33. The molecule has 1 heterocycles. The molecule has 1 amide bonds. The molecular formula is C14H21NO4. The van der Waals surface area contributed by atoms with E-state index >= 15 is 0 Å². The molecule has 5 nitrogen and oxygen atoms in total. The van der Waals surface area contributed by atoms with Crippen molar-refractivity contribution < 1.29 is 19.4 Å². The number of methoxy groups -OCH3 is 1. The Bertz CT molecular complexity index is 395. The molecule has 3 rings (SSSR count). The van der Waals surface area contributed by atoms with Crippen molar-refractivity contribution in [3.8, 4) is 0 Å². The van der Waals surface area contributed by atoms with Gasteiger partial charge in [0.15, 0.2) is 0 Å². The van der Waals surface area contributed by atoms with Crippen molar-refractivity contribution in [1.82, 2.24) is 4.90 Å². The average Bonchev–Trinajstić information content (AvgIpc) is 2.99. The molecule has 0 radical (unpaired) electrons. The Morgan fingerprint density at radius 3 is 2.74 bits per heavy atom. The van der Waals surface area contributed by atoms with Crippen LogP contribution in [0.4, 0.5) is 0 Å². The molecule has 1 N–H and O–H groups in total. The molecular weight excluding hydrogens is 246 g/mol. The Morgan fingerprint density at radius 1 is 1.26 bits per heavy atom. The molecule has 1 saturated heterocycles. The molecule has 0 aromatic heterocycles. The zero-order chi connectivity index (χ0) is 13.6. The van der Waals surface area contributed by atoms with Crippen LogP contribution in [0.25, 0.3) is 0 Å². The SMILES string of the molecule is COC(=O)CCCC(=O)N1C[C@@H]2C[C@H]3C[C@H]2[C@H]1[C@@H]3O. The number of esters is 1. The third-order valence-electron chi connectivity index (χ3n) is 5.17. The van der Waals surface area contributed by atoms with Gasteiger partial charge in [-0.05, 0) is 37.0 Å². The number of carbonyl (C=O) groups excluding carboxylic acids is 2. The summed E-state index contributed by atoms with van der Waals surface area (Å²) in [4.78, 5) is 25.1. The van der Waals surface area contributed by atoms with Gasteiger partial charge in [-0.3, -0.25) is 9.59 Å². The first-order valence-electron chi connectivity index (χ1n) is 7.16. The number of carbonyl (C=O) groups is 2. The summed E-state index contributed by atoms with van der Waals surface area (Å²) < 4.78 is 4.56. The van der Waals surface area contributed by atoms with E-state index in [2.05, 4.69) is 4.74 Å². The van der Waals surface area contributed by atoms with Gasteiger partial charge in [0, 0.05) is 19.4 Å². The van der Waals surface area contributed by atoms with E-state index in [0.717, 1.165) is 19.4 Å². The number of hydrogen-bond donors (Lipinski definition) is 1. The molecule has 106 valence electrons. The Morgan fingerprint density at radius 2 is 2.05 bits per heavy atom. The standard InChI is InChI=1S/C14H21NO4/c1-19-12(17)4-2-3-11(16)15-7-9-5-8-6-10(9)13(15)14(8)18/h8-10,13-14,18H,2-7H2,1H3/t8-,9-,10+,13-,14+/m0/s1. The molecule has 3 aliphatic rings. The molecule has 0 aromatic rings. The maximum Gasteiger partial charge on any atom is 0.305 e. The normalized spacial score (nSPS) is 38.8. The van der Waals surface area contributed by atoms with E-state index in [-0.39, 0.29) is 24.0 Å². The van der Waals surface area contributed by atoms with Crippen molar-refractivity contribution in [1.29, 1.82) is 0 Å².